The van der Waals surface area contributed by atoms with Crippen LogP contribution >= 0.6 is 11.3 Å². The molecule has 0 aliphatic carbocycles. The molecule has 0 spiro atoms. The van der Waals surface area contributed by atoms with Gasteiger partial charge in [0.25, 0.3) is 5.91 Å². The van der Waals surface area contributed by atoms with Gasteiger partial charge in [-0.1, -0.05) is 12.1 Å². The first kappa shape index (κ1) is 20.2. The van der Waals surface area contributed by atoms with Gasteiger partial charge in [0.2, 0.25) is 0 Å². The molecule has 0 unspecified atom stereocenters. The zero-order valence-electron chi connectivity index (χ0n) is 16.9. The van der Waals surface area contributed by atoms with Crippen molar-refractivity contribution in [1.29, 1.82) is 0 Å². The molecule has 30 heavy (non-hydrogen) atoms. The van der Waals surface area contributed by atoms with E-state index in [0.29, 0.717) is 22.7 Å². The second-order valence-electron chi connectivity index (χ2n) is 6.75. The number of morpholine rings is 1. The lowest BCUT2D eigenvalue weighted by Gasteiger charge is -2.26. The highest BCUT2D eigenvalue weighted by Gasteiger charge is 2.15. The van der Waals surface area contributed by atoms with Crippen LogP contribution in [-0.4, -0.2) is 51.4 Å². The Bertz CT molecular complexity index is 991. The number of benzene rings is 2. The highest BCUT2D eigenvalue weighted by molar-refractivity contribution is 7.14. The van der Waals surface area contributed by atoms with Crippen LogP contribution in [0.15, 0.2) is 47.8 Å². The van der Waals surface area contributed by atoms with Gasteiger partial charge in [0.05, 0.1) is 33.1 Å². The third-order valence-corrected chi connectivity index (χ3v) is 5.73. The van der Waals surface area contributed by atoms with Crippen LogP contribution in [0.4, 0.5) is 10.8 Å². The molecule has 0 bridgehead atoms. The lowest BCUT2D eigenvalue weighted by Crippen LogP contribution is -2.36. The van der Waals surface area contributed by atoms with E-state index >= 15 is 0 Å². The summed E-state index contributed by atoms with van der Waals surface area (Å²) >= 11 is 1.64. The van der Waals surface area contributed by atoms with Gasteiger partial charge in [-0.05, 0) is 24.3 Å². The third kappa shape index (κ3) is 4.55. The van der Waals surface area contributed by atoms with Crippen molar-refractivity contribution in [3.8, 4) is 22.8 Å². The molecule has 2 aromatic carbocycles. The minimum absolute atomic E-state index is 0.233. The highest BCUT2D eigenvalue weighted by Crippen LogP contribution is 2.29. The fourth-order valence-electron chi connectivity index (χ4n) is 3.16. The summed E-state index contributed by atoms with van der Waals surface area (Å²) in [5.41, 5.74) is 3.10. The van der Waals surface area contributed by atoms with Crippen LogP contribution in [0, 0.1) is 0 Å². The first-order chi connectivity index (χ1) is 14.7. The maximum Gasteiger partial charge on any atom is 0.255 e. The minimum atomic E-state index is -0.233. The van der Waals surface area contributed by atoms with Gasteiger partial charge < -0.3 is 24.4 Å². The van der Waals surface area contributed by atoms with Crippen molar-refractivity contribution in [2.75, 3.05) is 50.7 Å². The maximum absolute atomic E-state index is 12.6. The Morgan fingerprint density at radius 2 is 1.73 bits per heavy atom. The number of amides is 1. The van der Waals surface area contributed by atoms with Crippen molar-refractivity contribution in [3.05, 3.63) is 53.4 Å². The van der Waals surface area contributed by atoms with Crippen LogP contribution in [0.5, 0.6) is 11.5 Å². The molecule has 0 radical (unpaired) electrons. The summed E-state index contributed by atoms with van der Waals surface area (Å²) in [5.74, 6) is 0.895. The predicted molar refractivity (Wildman–Crippen MR) is 118 cm³/mol. The van der Waals surface area contributed by atoms with Crippen molar-refractivity contribution < 1.29 is 19.0 Å². The van der Waals surface area contributed by atoms with E-state index in [4.69, 9.17) is 19.2 Å². The normalized spacial score (nSPS) is 13.7. The quantitative estimate of drug-likeness (QED) is 0.645. The van der Waals surface area contributed by atoms with Gasteiger partial charge in [-0.3, -0.25) is 4.79 Å². The van der Waals surface area contributed by atoms with E-state index in [2.05, 4.69) is 15.6 Å². The van der Waals surface area contributed by atoms with E-state index in [-0.39, 0.29) is 5.91 Å². The molecule has 3 aromatic rings. The van der Waals surface area contributed by atoms with Crippen LogP contribution in [0.1, 0.15) is 10.4 Å². The molecule has 1 aromatic heterocycles. The van der Waals surface area contributed by atoms with E-state index < -0.39 is 0 Å². The monoisotopic (exact) mass is 425 g/mol. The molecular formula is C22H23N3O4S. The van der Waals surface area contributed by atoms with Crippen LogP contribution in [-0.2, 0) is 4.74 Å². The predicted octanol–water partition coefficient (Wildman–Crippen LogP) is 3.92. The number of carbonyl (C=O) groups is 1. The van der Waals surface area contributed by atoms with Crippen LogP contribution in [0.3, 0.4) is 0 Å². The summed E-state index contributed by atoms with van der Waals surface area (Å²) in [7, 11) is 3.11. The fourth-order valence-corrected chi connectivity index (χ4v) is 4.05. The summed E-state index contributed by atoms with van der Waals surface area (Å²) in [6.07, 6.45) is 0. The number of carbonyl (C=O) groups excluding carboxylic acids is 1. The van der Waals surface area contributed by atoms with Gasteiger partial charge in [-0.2, -0.15) is 0 Å². The number of nitrogens with zero attached hydrogens (tertiary/aromatic N) is 2. The zero-order valence-corrected chi connectivity index (χ0v) is 17.7. The molecular weight excluding hydrogens is 402 g/mol. The van der Waals surface area contributed by atoms with Gasteiger partial charge in [-0.15, -0.1) is 11.3 Å². The molecule has 0 saturated carbocycles. The lowest BCUT2D eigenvalue weighted by molar-refractivity contribution is 0.102. The summed E-state index contributed by atoms with van der Waals surface area (Å²) in [4.78, 5) is 19.6. The molecule has 4 rings (SSSR count). The van der Waals surface area contributed by atoms with Crippen LogP contribution in [0.2, 0.25) is 0 Å². The Morgan fingerprint density at radius 3 is 2.37 bits per heavy atom. The number of aromatic nitrogens is 1. The first-order valence-corrected chi connectivity index (χ1v) is 10.5. The van der Waals surface area contributed by atoms with Crippen molar-refractivity contribution >= 4 is 28.1 Å². The number of thiazole rings is 1. The molecule has 1 fully saturated rings. The van der Waals surface area contributed by atoms with Crippen LogP contribution in [0.25, 0.3) is 11.3 Å². The highest BCUT2D eigenvalue weighted by atomic mass is 32.1. The summed E-state index contributed by atoms with van der Waals surface area (Å²) in [6, 6.07) is 12.7. The summed E-state index contributed by atoms with van der Waals surface area (Å²) < 4.78 is 15.9. The van der Waals surface area contributed by atoms with E-state index in [9.17, 15) is 4.79 Å². The van der Waals surface area contributed by atoms with Crippen molar-refractivity contribution in [1.82, 2.24) is 4.98 Å². The van der Waals surface area contributed by atoms with E-state index in [1.807, 2.05) is 24.3 Å². The standard InChI is InChI=1S/C22H23N3O4S/c1-27-18-11-16(12-19(13-18)28-2)21(26)23-17-5-3-15(4-6-17)20-14-30-22(24-20)25-7-9-29-10-8-25/h3-6,11-14H,7-10H2,1-2H3,(H,23,26). The van der Waals surface area contributed by atoms with Crippen LogP contribution < -0.4 is 19.7 Å². The van der Waals surface area contributed by atoms with Gasteiger partial charge >= 0.3 is 0 Å². The Labute approximate surface area is 179 Å². The minimum Gasteiger partial charge on any atom is -0.497 e. The SMILES string of the molecule is COc1cc(OC)cc(C(=O)Nc2ccc(-c3csc(N4CCOCC4)n3)cc2)c1. The largest absolute Gasteiger partial charge is 0.497 e. The maximum atomic E-state index is 12.6. The molecule has 0 atom stereocenters. The molecule has 1 saturated heterocycles. The smallest absolute Gasteiger partial charge is 0.255 e. The average Bonchev–Trinajstić information content (AvgIpc) is 3.30. The Balaban J connectivity index is 1.45. The van der Waals surface area contributed by atoms with Gasteiger partial charge in [0.15, 0.2) is 5.13 Å². The van der Waals surface area contributed by atoms with Crippen molar-refractivity contribution in [2.24, 2.45) is 0 Å². The van der Waals surface area contributed by atoms with Crippen molar-refractivity contribution in [2.45, 2.75) is 0 Å². The lowest BCUT2D eigenvalue weighted by atomic mass is 10.1. The third-order valence-electron chi connectivity index (χ3n) is 4.83. The number of nitrogens with one attached hydrogen (secondary N) is 1. The Hall–Kier alpha value is -3.10. The number of ether oxygens (including phenoxy) is 3. The van der Waals surface area contributed by atoms with E-state index in [1.165, 1.54) is 0 Å². The Morgan fingerprint density at radius 1 is 1.07 bits per heavy atom. The molecule has 156 valence electrons. The number of rotatable bonds is 6. The topological polar surface area (TPSA) is 72.9 Å². The second-order valence-corrected chi connectivity index (χ2v) is 7.58. The number of hydrogen-bond donors (Lipinski definition) is 1. The van der Waals surface area contributed by atoms with E-state index in [1.54, 1.807) is 43.8 Å². The summed E-state index contributed by atoms with van der Waals surface area (Å²) in [5, 5.41) is 5.97. The molecule has 1 aliphatic rings. The van der Waals surface area contributed by atoms with Gasteiger partial charge in [0.1, 0.15) is 11.5 Å². The first-order valence-electron chi connectivity index (χ1n) is 9.59. The second kappa shape index (κ2) is 9.15. The molecule has 1 aliphatic heterocycles. The number of methoxy groups -OCH3 is 2. The van der Waals surface area contributed by atoms with Crippen molar-refractivity contribution in [3.63, 3.8) is 0 Å². The molecule has 2 heterocycles. The van der Waals surface area contributed by atoms with E-state index in [0.717, 1.165) is 42.7 Å². The molecule has 1 N–H and O–H groups in total. The zero-order chi connectivity index (χ0) is 20.9. The molecule has 7 nitrogen and oxygen atoms in total. The fraction of sp³-hybridized carbons (Fsp3) is 0.273. The van der Waals surface area contributed by atoms with Gasteiger partial charge in [-0.25, -0.2) is 4.98 Å². The Kier molecular flexibility index (Phi) is 6.15. The molecule has 1 amide bonds. The number of hydrogen-bond acceptors (Lipinski definition) is 7. The summed E-state index contributed by atoms with van der Waals surface area (Å²) in [6.45, 7) is 3.21. The molecule has 8 heteroatoms. The van der Waals surface area contributed by atoms with Gasteiger partial charge in [0, 0.05) is 41.4 Å². The average molecular weight is 426 g/mol. The number of anilines is 2.